The van der Waals surface area contributed by atoms with Gasteiger partial charge < -0.3 is 14.7 Å². The van der Waals surface area contributed by atoms with Gasteiger partial charge in [0.05, 0.1) is 11.7 Å². The molecular weight excluding hydrogens is 322 g/mol. The van der Waals surface area contributed by atoms with Crippen LogP contribution in [0.15, 0.2) is 18.2 Å². The molecule has 0 bridgehead atoms. The van der Waals surface area contributed by atoms with Crippen molar-refractivity contribution in [2.75, 3.05) is 18.4 Å². The van der Waals surface area contributed by atoms with Gasteiger partial charge in [0.2, 0.25) is 0 Å². The minimum absolute atomic E-state index is 0.0123. The molecule has 1 saturated heterocycles. The van der Waals surface area contributed by atoms with Crippen molar-refractivity contribution < 1.29 is 14.6 Å². The Bertz CT molecular complexity index is 516. The number of nitrogens with zero attached hydrogens (tertiary/aromatic N) is 1. The van der Waals surface area contributed by atoms with E-state index < -0.39 is 0 Å². The maximum absolute atomic E-state index is 12.6. The number of alkyl halides is 1. The van der Waals surface area contributed by atoms with E-state index in [0.29, 0.717) is 24.0 Å². The van der Waals surface area contributed by atoms with Gasteiger partial charge in [0.1, 0.15) is 5.75 Å². The standard InChI is InChI=1S/C15H20BrNO3/c1-10-4-5-11(6-13(10)18)14(19)17-8-12(7-16)20-15(2,3)9-17/h4-6,12,18H,7-9H2,1-3H3. The second kappa shape index (κ2) is 5.74. The van der Waals surface area contributed by atoms with Crippen LogP contribution in [0.2, 0.25) is 0 Å². The normalized spacial score (nSPS) is 21.8. The van der Waals surface area contributed by atoms with Crippen molar-refractivity contribution in [1.29, 1.82) is 0 Å². The van der Waals surface area contributed by atoms with Crippen LogP contribution in [0.3, 0.4) is 0 Å². The minimum atomic E-state index is -0.362. The summed E-state index contributed by atoms with van der Waals surface area (Å²) in [5.74, 6) is 0.0861. The number of carbonyl (C=O) groups excluding carboxylic acids is 1. The number of aryl methyl sites for hydroxylation is 1. The molecule has 1 aliphatic rings. The molecule has 1 aromatic carbocycles. The van der Waals surface area contributed by atoms with Gasteiger partial charge in [-0.25, -0.2) is 0 Å². The molecule has 1 N–H and O–H groups in total. The number of carbonyl (C=O) groups is 1. The number of aromatic hydroxyl groups is 1. The fraction of sp³-hybridized carbons (Fsp3) is 0.533. The number of hydrogen-bond acceptors (Lipinski definition) is 3. The van der Waals surface area contributed by atoms with E-state index in [4.69, 9.17) is 4.74 Å². The first kappa shape index (κ1) is 15.3. The number of morpholine rings is 1. The van der Waals surface area contributed by atoms with E-state index in [-0.39, 0.29) is 23.4 Å². The van der Waals surface area contributed by atoms with Gasteiger partial charge in [-0.3, -0.25) is 4.79 Å². The summed E-state index contributed by atoms with van der Waals surface area (Å²) in [6, 6.07) is 5.04. The van der Waals surface area contributed by atoms with Gasteiger partial charge in [-0.15, -0.1) is 0 Å². The molecule has 110 valence electrons. The van der Waals surface area contributed by atoms with Gasteiger partial charge in [0.25, 0.3) is 5.91 Å². The van der Waals surface area contributed by atoms with Crippen LogP contribution in [-0.4, -0.2) is 46.0 Å². The highest BCUT2D eigenvalue weighted by Gasteiger charge is 2.35. The number of benzene rings is 1. The predicted octanol–water partition coefficient (Wildman–Crippen LogP) is 2.72. The summed E-state index contributed by atoms with van der Waals surface area (Å²) in [4.78, 5) is 14.3. The molecule has 0 aromatic heterocycles. The predicted molar refractivity (Wildman–Crippen MR) is 81.5 cm³/mol. The molecule has 4 nitrogen and oxygen atoms in total. The largest absolute Gasteiger partial charge is 0.508 e. The summed E-state index contributed by atoms with van der Waals surface area (Å²) in [6.07, 6.45) is -0.0123. The first-order valence-electron chi connectivity index (χ1n) is 6.65. The molecule has 5 heteroatoms. The lowest BCUT2D eigenvalue weighted by Crippen LogP contribution is -2.55. The number of amides is 1. The van der Waals surface area contributed by atoms with Crippen LogP contribution < -0.4 is 0 Å². The Balaban J connectivity index is 2.21. The molecule has 1 amide bonds. The van der Waals surface area contributed by atoms with Crippen LogP contribution >= 0.6 is 15.9 Å². The number of ether oxygens (including phenoxy) is 1. The van der Waals surface area contributed by atoms with Crippen molar-refractivity contribution in [1.82, 2.24) is 4.90 Å². The first-order valence-corrected chi connectivity index (χ1v) is 7.77. The van der Waals surface area contributed by atoms with Gasteiger partial charge in [0.15, 0.2) is 0 Å². The van der Waals surface area contributed by atoms with Crippen molar-refractivity contribution in [2.24, 2.45) is 0 Å². The van der Waals surface area contributed by atoms with Crippen LogP contribution in [-0.2, 0) is 4.74 Å². The molecule has 20 heavy (non-hydrogen) atoms. The highest BCUT2D eigenvalue weighted by atomic mass is 79.9. The summed E-state index contributed by atoms with van der Waals surface area (Å²) in [5, 5.41) is 10.4. The second-order valence-electron chi connectivity index (χ2n) is 5.84. The Morgan fingerprint density at radius 3 is 2.85 bits per heavy atom. The monoisotopic (exact) mass is 341 g/mol. The first-order chi connectivity index (χ1) is 9.32. The molecule has 1 aromatic rings. The third kappa shape index (κ3) is 3.33. The summed E-state index contributed by atoms with van der Waals surface area (Å²) in [5.41, 5.74) is 0.917. The van der Waals surface area contributed by atoms with E-state index in [2.05, 4.69) is 15.9 Å². The average molecular weight is 342 g/mol. The Kier molecular flexibility index (Phi) is 4.39. The molecule has 1 fully saturated rings. The molecule has 0 spiro atoms. The van der Waals surface area contributed by atoms with E-state index in [9.17, 15) is 9.90 Å². The fourth-order valence-corrected chi connectivity index (χ4v) is 2.79. The van der Waals surface area contributed by atoms with E-state index in [1.165, 1.54) is 6.07 Å². The lowest BCUT2D eigenvalue weighted by atomic mass is 10.0. The topological polar surface area (TPSA) is 49.8 Å². The molecule has 1 atom stereocenters. The van der Waals surface area contributed by atoms with Gasteiger partial charge in [-0.05, 0) is 38.5 Å². The average Bonchev–Trinajstić information content (AvgIpc) is 2.39. The van der Waals surface area contributed by atoms with Crippen LogP contribution in [0.4, 0.5) is 0 Å². The Morgan fingerprint density at radius 1 is 1.55 bits per heavy atom. The van der Waals surface area contributed by atoms with Gasteiger partial charge in [-0.2, -0.15) is 0 Å². The SMILES string of the molecule is Cc1ccc(C(=O)N2CC(CBr)OC(C)(C)C2)cc1O. The maximum atomic E-state index is 12.6. The Labute approximate surface area is 127 Å². The maximum Gasteiger partial charge on any atom is 0.254 e. The molecular formula is C15H20BrNO3. The van der Waals surface area contributed by atoms with E-state index in [0.717, 1.165) is 5.56 Å². The Hall–Kier alpha value is -1.07. The van der Waals surface area contributed by atoms with E-state index in [1.807, 2.05) is 20.8 Å². The van der Waals surface area contributed by atoms with Crippen molar-refractivity contribution in [3.8, 4) is 5.75 Å². The molecule has 0 aliphatic carbocycles. The van der Waals surface area contributed by atoms with Crippen molar-refractivity contribution >= 4 is 21.8 Å². The van der Waals surface area contributed by atoms with Crippen molar-refractivity contribution in [3.63, 3.8) is 0 Å². The zero-order valence-electron chi connectivity index (χ0n) is 12.0. The number of phenols is 1. The minimum Gasteiger partial charge on any atom is -0.508 e. The smallest absolute Gasteiger partial charge is 0.254 e. The summed E-state index contributed by atoms with van der Waals surface area (Å²) in [7, 11) is 0. The zero-order valence-corrected chi connectivity index (χ0v) is 13.6. The van der Waals surface area contributed by atoms with Gasteiger partial charge in [0, 0.05) is 24.0 Å². The van der Waals surface area contributed by atoms with Gasteiger partial charge >= 0.3 is 0 Å². The lowest BCUT2D eigenvalue weighted by molar-refractivity contribution is -0.116. The molecule has 0 saturated carbocycles. The van der Waals surface area contributed by atoms with Crippen LogP contribution in [0.1, 0.15) is 29.8 Å². The molecule has 0 radical (unpaired) electrons. The third-order valence-electron chi connectivity index (χ3n) is 3.40. The lowest BCUT2D eigenvalue weighted by Gasteiger charge is -2.42. The van der Waals surface area contributed by atoms with E-state index in [1.54, 1.807) is 17.0 Å². The van der Waals surface area contributed by atoms with E-state index >= 15 is 0 Å². The Morgan fingerprint density at radius 2 is 2.25 bits per heavy atom. The number of rotatable bonds is 2. The number of hydrogen-bond donors (Lipinski definition) is 1. The van der Waals surface area contributed by atoms with Gasteiger partial charge in [-0.1, -0.05) is 22.0 Å². The molecule has 2 rings (SSSR count). The van der Waals surface area contributed by atoms with Crippen molar-refractivity contribution in [3.05, 3.63) is 29.3 Å². The highest BCUT2D eigenvalue weighted by molar-refractivity contribution is 9.09. The molecule has 1 unspecified atom stereocenters. The van der Waals surface area contributed by atoms with Crippen LogP contribution in [0.5, 0.6) is 5.75 Å². The quantitative estimate of drug-likeness (QED) is 0.841. The summed E-state index contributed by atoms with van der Waals surface area (Å²) < 4.78 is 5.89. The second-order valence-corrected chi connectivity index (χ2v) is 6.49. The van der Waals surface area contributed by atoms with Crippen LogP contribution in [0.25, 0.3) is 0 Å². The molecule has 1 heterocycles. The summed E-state index contributed by atoms with van der Waals surface area (Å²) >= 11 is 3.41. The fourth-order valence-electron chi connectivity index (χ4n) is 2.46. The highest BCUT2D eigenvalue weighted by Crippen LogP contribution is 2.25. The molecule has 1 aliphatic heterocycles. The van der Waals surface area contributed by atoms with Crippen LogP contribution in [0, 0.1) is 6.92 Å². The summed E-state index contributed by atoms with van der Waals surface area (Å²) in [6.45, 7) is 6.87. The third-order valence-corrected chi connectivity index (χ3v) is 4.12. The number of phenolic OH excluding ortho intramolecular Hbond substituents is 1. The van der Waals surface area contributed by atoms with Crippen molar-refractivity contribution in [2.45, 2.75) is 32.5 Å². The number of halogens is 1. The zero-order chi connectivity index (χ0) is 14.9.